The number of rotatable bonds is 5. The number of halogens is 1. The molecule has 1 heterocycles. The van der Waals surface area contributed by atoms with Crippen molar-refractivity contribution in [2.75, 3.05) is 13.2 Å². The molecule has 0 amide bonds. The van der Waals surface area contributed by atoms with Crippen LogP contribution in [0, 0.1) is 5.41 Å². The van der Waals surface area contributed by atoms with E-state index in [0.717, 1.165) is 30.2 Å². The van der Waals surface area contributed by atoms with Crippen molar-refractivity contribution in [2.24, 2.45) is 5.41 Å². The van der Waals surface area contributed by atoms with Gasteiger partial charge < -0.3 is 15.2 Å². The highest BCUT2D eigenvalue weighted by atomic mass is 35.5. The molecule has 0 bridgehead atoms. The van der Waals surface area contributed by atoms with Crippen LogP contribution >= 0.6 is 11.6 Å². The Bertz CT molecular complexity index is 456. The Morgan fingerprint density at radius 2 is 2.20 bits per heavy atom. The van der Waals surface area contributed by atoms with E-state index in [1.54, 1.807) is 0 Å². The predicted molar refractivity (Wildman–Crippen MR) is 82.5 cm³/mol. The second kappa shape index (κ2) is 6.33. The fraction of sp³-hybridized carbons (Fsp3) is 0.625. The summed E-state index contributed by atoms with van der Waals surface area (Å²) in [5.74, 6) is 0.940. The van der Waals surface area contributed by atoms with Gasteiger partial charge in [-0.1, -0.05) is 32.4 Å². The summed E-state index contributed by atoms with van der Waals surface area (Å²) in [6, 6.07) is 6.06. The molecule has 3 nitrogen and oxygen atoms in total. The van der Waals surface area contributed by atoms with Gasteiger partial charge >= 0.3 is 0 Å². The molecule has 2 N–H and O–H groups in total. The van der Waals surface area contributed by atoms with Crippen LogP contribution < -0.4 is 10.1 Å². The lowest BCUT2D eigenvalue weighted by Gasteiger charge is -2.32. The zero-order valence-corrected chi connectivity index (χ0v) is 13.2. The first-order valence-corrected chi connectivity index (χ1v) is 7.57. The molecule has 2 unspecified atom stereocenters. The highest BCUT2D eigenvalue weighted by Crippen LogP contribution is 2.31. The number of aliphatic hydroxyl groups is 1. The molecular formula is C16H24ClNO2. The van der Waals surface area contributed by atoms with Crippen molar-refractivity contribution in [3.63, 3.8) is 0 Å². The average Bonchev–Trinajstić information content (AvgIpc) is 2.74. The van der Waals surface area contributed by atoms with Gasteiger partial charge in [0.05, 0.1) is 0 Å². The van der Waals surface area contributed by atoms with Gasteiger partial charge in [0.25, 0.3) is 0 Å². The Kier molecular flexibility index (Phi) is 4.95. The zero-order valence-electron chi connectivity index (χ0n) is 12.4. The third kappa shape index (κ3) is 3.87. The van der Waals surface area contributed by atoms with Crippen LogP contribution in [0.25, 0.3) is 0 Å². The van der Waals surface area contributed by atoms with Gasteiger partial charge in [0.15, 0.2) is 0 Å². The fourth-order valence-electron chi connectivity index (χ4n) is 2.65. The number of fused-ring (bicyclic) bond motifs is 1. The maximum Gasteiger partial charge on any atom is 0.123 e. The van der Waals surface area contributed by atoms with E-state index in [2.05, 4.69) is 26.1 Å². The van der Waals surface area contributed by atoms with Gasteiger partial charge in [-0.25, -0.2) is 0 Å². The normalized spacial score (nSPS) is 19.6. The van der Waals surface area contributed by atoms with E-state index in [1.807, 2.05) is 18.2 Å². The lowest BCUT2D eigenvalue weighted by Crippen LogP contribution is -2.45. The number of nitrogens with one attached hydrogen (secondary N) is 1. The molecule has 1 aromatic rings. The van der Waals surface area contributed by atoms with Crippen molar-refractivity contribution in [2.45, 2.75) is 45.8 Å². The lowest BCUT2D eigenvalue weighted by molar-refractivity contribution is 0.168. The quantitative estimate of drug-likeness (QED) is 0.878. The molecular weight excluding hydrogens is 274 g/mol. The summed E-state index contributed by atoms with van der Waals surface area (Å²) < 4.78 is 5.92. The third-order valence-electron chi connectivity index (χ3n) is 3.82. The number of hydrogen-bond donors (Lipinski definition) is 2. The van der Waals surface area contributed by atoms with Crippen molar-refractivity contribution >= 4 is 11.6 Å². The molecule has 1 aliphatic rings. The Balaban J connectivity index is 1.90. The van der Waals surface area contributed by atoms with Gasteiger partial charge in [0.2, 0.25) is 0 Å². The smallest absolute Gasteiger partial charge is 0.123 e. The molecule has 0 aromatic heterocycles. The number of hydrogen-bond acceptors (Lipinski definition) is 3. The monoisotopic (exact) mass is 297 g/mol. The first-order chi connectivity index (χ1) is 9.40. The van der Waals surface area contributed by atoms with Crippen molar-refractivity contribution in [3.8, 4) is 5.75 Å². The Morgan fingerprint density at radius 1 is 1.45 bits per heavy atom. The summed E-state index contributed by atoms with van der Waals surface area (Å²) in [6.45, 7) is 7.55. The molecule has 0 aliphatic carbocycles. The number of ether oxygens (including phenoxy) is 1. The largest absolute Gasteiger partial charge is 0.488 e. The maximum absolute atomic E-state index is 9.18. The minimum Gasteiger partial charge on any atom is -0.488 e. The van der Waals surface area contributed by atoms with Gasteiger partial charge in [-0.15, -0.1) is 0 Å². The van der Waals surface area contributed by atoms with Crippen LogP contribution in [-0.4, -0.2) is 30.4 Å². The van der Waals surface area contributed by atoms with E-state index < -0.39 is 0 Å². The molecule has 0 fully saturated rings. The fourth-order valence-corrected chi connectivity index (χ4v) is 2.84. The predicted octanol–water partition coefficient (Wildman–Crippen LogP) is 3.03. The minimum atomic E-state index is 0.123. The summed E-state index contributed by atoms with van der Waals surface area (Å²) >= 11 is 6.00. The molecule has 2 atom stereocenters. The van der Waals surface area contributed by atoms with Gasteiger partial charge in [0.1, 0.15) is 11.9 Å². The number of aliphatic hydroxyl groups excluding tert-OH is 1. The van der Waals surface area contributed by atoms with E-state index in [4.69, 9.17) is 16.3 Å². The molecule has 112 valence electrons. The van der Waals surface area contributed by atoms with Crippen LogP contribution in [0.4, 0.5) is 0 Å². The second-order valence-corrected chi connectivity index (χ2v) is 6.97. The van der Waals surface area contributed by atoms with E-state index >= 15 is 0 Å². The Morgan fingerprint density at radius 3 is 2.85 bits per heavy atom. The van der Waals surface area contributed by atoms with Crippen LogP contribution in [0.2, 0.25) is 5.02 Å². The van der Waals surface area contributed by atoms with E-state index in [-0.39, 0.29) is 24.2 Å². The summed E-state index contributed by atoms with van der Waals surface area (Å²) in [6.07, 6.45) is 1.79. The molecule has 4 heteroatoms. The summed E-state index contributed by atoms with van der Waals surface area (Å²) in [5.41, 5.74) is 1.30. The molecule has 2 rings (SSSR count). The molecule has 20 heavy (non-hydrogen) atoms. The Labute approximate surface area is 126 Å². The number of benzene rings is 1. The van der Waals surface area contributed by atoms with Crippen LogP contribution in [0.3, 0.4) is 0 Å². The van der Waals surface area contributed by atoms with Crippen molar-refractivity contribution in [1.29, 1.82) is 0 Å². The van der Waals surface area contributed by atoms with Crippen molar-refractivity contribution in [3.05, 3.63) is 28.8 Å². The standard InChI is InChI=1S/C16H24ClNO2/c1-16(2,3)15(6-7-19)18-10-13-9-11-8-12(17)4-5-14(11)20-13/h4-5,8,13,15,18-19H,6-7,9-10H2,1-3H3. The van der Waals surface area contributed by atoms with Crippen LogP contribution in [0.1, 0.15) is 32.8 Å². The van der Waals surface area contributed by atoms with Crippen molar-refractivity contribution in [1.82, 2.24) is 5.32 Å². The molecule has 1 aliphatic heterocycles. The van der Waals surface area contributed by atoms with E-state index in [0.29, 0.717) is 0 Å². The first kappa shape index (κ1) is 15.6. The van der Waals surface area contributed by atoms with E-state index in [9.17, 15) is 5.11 Å². The third-order valence-corrected chi connectivity index (χ3v) is 4.05. The molecule has 0 spiro atoms. The molecule has 0 saturated heterocycles. The van der Waals surface area contributed by atoms with Gasteiger partial charge in [0, 0.05) is 30.6 Å². The Hall–Kier alpha value is -0.770. The minimum absolute atomic E-state index is 0.123. The summed E-state index contributed by atoms with van der Waals surface area (Å²) in [5, 5.41) is 13.5. The maximum atomic E-state index is 9.18. The van der Waals surface area contributed by atoms with Crippen LogP contribution in [-0.2, 0) is 6.42 Å². The molecule has 0 saturated carbocycles. The second-order valence-electron chi connectivity index (χ2n) is 6.54. The first-order valence-electron chi connectivity index (χ1n) is 7.19. The van der Waals surface area contributed by atoms with E-state index in [1.165, 1.54) is 5.56 Å². The SMILES string of the molecule is CC(C)(C)C(CCO)NCC1Cc2cc(Cl)ccc2O1. The van der Waals surface area contributed by atoms with Crippen LogP contribution in [0.15, 0.2) is 18.2 Å². The highest BCUT2D eigenvalue weighted by molar-refractivity contribution is 6.30. The zero-order chi connectivity index (χ0) is 14.8. The van der Waals surface area contributed by atoms with Gasteiger partial charge in [-0.3, -0.25) is 0 Å². The average molecular weight is 298 g/mol. The van der Waals surface area contributed by atoms with Crippen molar-refractivity contribution < 1.29 is 9.84 Å². The summed E-state index contributed by atoms with van der Waals surface area (Å²) in [4.78, 5) is 0. The molecule has 0 radical (unpaired) electrons. The topological polar surface area (TPSA) is 41.5 Å². The van der Waals surface area contributed by atoms with Crippen LogP contribution in [0.5, 0.6) is 5.75 Å². The highest BCUT2D eigenvalue weighted by Gasteiger charge is 2.27. The van der Waals surface area contributed by atoms with Gasteiger partial charge in [-0.2, -0.15) is 0 Å². The summed E-state index contributed by atoms with van der Waals surface area (Å²) in [7, 11) is 0. The van der Waals surface area contributed by atoms with Gasteiger partial charge in [-0.05, 0) is 35.6 Å². The lowest BCUT2D eigenvalue weighted by atomic mass is 9.85. The molecule has 1 aromatic carbocycles.